The van der Waals surface area contributed by atoms with E-state index in [-0.39, 0.29) is 5.41 Å². The quantitative estimate of drug-likeness (QED) is 0.788. The van der Waals surface area contributed by atoms with E-state index in [9.17, 15) is 9.90 Å². The van der Waals surface area contributed by atoms with Gasteiger partial charge >= 0.3 is 5.97 Å². The Morgan fingerprint density at radius 2 is 2.24 bits per heavy atom. The Morgan fingerprint density at radius 3 is 2.90 bits per heavy atom. The van der Waals surface area contributed by atoms with Crippen LogP contribution < -0.4 is 0 Å². The van der Waals surface area contributed by atoms with Crippen LogP contribution in [0, 0.1) is 8.99 Å². The third-order valence-corrected chi connectivity index (χ3v) is 4.77. The highest BCUT2D eigenvalue weighted by molar-refractivity contribution is 14.1. The summed E-state index contributed by atoms with van der Waals surface area (Å²) < 4.78 is 3.05. The Kier molecular flexibility index (Phi) is 3.55. The Hall–Kier alpha value is -1.37. The summed E-state index contributed by atoms with van der Waals surface area (Å²) in [4.78, 5) is 16.0. The Morgan fingerprint density at radius 1 is 1.48 bits per heavy atom. The number of carboxylic acids is 1. The van der Waals surface area contributed by atoms with Crippen molar-refractivity contribution < 1.29 is 9.90 Å². The molecule has 4 nitrogen and oxygen atoms in total. The molecule has 0 amide bonds. The van der Waals surface area contributed by atoms with Gasteiger partial charge in [0.2, 0.25) is 0 Å². The highest BCUT2D eigenvalue weighted by Crippen LogP contribution is 2.38. The monoisotopic (exact) mass is 396 g/mol. The van der Waals surface area contributed by atoms with Crippen molar-refractivity contribution in [3.63, 3.8) is 0 Å². The molecule has 0 aromatic carbocycles. The zero-order valence-electron chi connectivity index (χ0n) is 12.1. The highest BCUT2D eigenvalue weighted by atomic mass is 127. The minimum Gasteiger partial charge on any atom is -0.478 e. The van der Waals surface area contributed by atoms with E-state index in [1.165, 1.54) is 0 Å². The molecule has 0 radical (unpaired) electrons. The molecule has 0 aliphatic heterocycles. The van der Waals surface area contributed by atoms with Gasteiger partial charge in [0.25, 0.3) is 0 Å². The lowest BCUT2D eigenvalue weighted by Gasteiger charge is -2.30. The van der Waals surface area contributed by atoms with Crippen molar-refractivity contribution in [2.75, 3.05) is 0 Å². The molecule has 0 spiro atoms. The molecule has 1 aliphatic carbocycles. The number of carbonyl (C=O) groups is 1. The molecule has 5 heteroatoms. The van der Waals surface area contributed by atoms with Gasteiger partial charge in [0, 0.05) is 21.7 Å². The highest BCUT2D eigenvalue weighted by Gasteiger charge is 2.32. The molecule has 0 fully saturated rings. The lowest BCUT2D eigenvalue weighted by atomic mass is 9.75. The zero-order chi connectivity index (χ0) is 15.2. The van der Waals surface area contributed by atoms with E-state index in [0.717, 1.165) is 39.9 Å². The molecule has 0 unspecified atom stereocenters. The number of aromatic nitrogens is 2. The summed E-state index contributed by atoms with van der Waals surface area (Å²) in [6, 6.07) is 3.91. The first-order valence-corrected chi connectivity index (χ1v) is 8.03. The van der Waals surface area contributed by atoms with E-state index in [1.807, 2.05) is 16.7 Å². The number of nitrogens with zero attached hydrogens (tertiary/aromatic N) is 2. The molecule has 0 atom stereocenters. The van der Waals surface area contributed by atoms with E-state index >= 15 is 0 Å². The summed E-state index contributed by atoms with van der Waals surface area (Å²) in [6.45, 7) is 4.39. The second-order valence-electron chi connectivity index (χ2n) is 6.32. The third-order valence-electron chi connectivity index (χ3n) is 4.10. The summed E-state index contributed by atoms with van der Waals surface area (Å²) in [7, 11) is 0. The van der Waals surface area contributed by atoms with Crippen molar-refractivity contribution in [2.45, 2.75) is 33.1 Å². The second-order valence-corrected chi connectivity index (χ2v) is 7.56. The van der Waals surface area contributed by atoms with Gasteiger partial charge in [-0.2, -0.15) is 0 Å². The fourth-order valence-electron chi connectivity index (χ4n) is 2.99. The average molecular weight is 396 g/mol. The first-order chi connectivity index (χ1) is 9.87. The average Bonchev–Trinajstić information content (AvgIpc) is 2.76. The minimum atomic E-state index is -0.853. The molecule has 0 saturated carbocycles. The van der Waals surface area contributed by atoms with Crippen LogP contribution in [-0.4, -0.2) is 20.6 Å². The summed E-state index contributed by atoms with van der Waals surface area (Å²) in [5.41, 5.74) is 2.64. The van der Waals surface area contributed by atoms with Crippen molar-refractivity contribution in [1.82, 2.24) is 9.55 Å². The van der Waals surface area contributed by atoms with Crippen LogP contribution >= 0.6 is 22.6 Å². The predicted octanol–water partition coefficient (Wildman–Crippen LogP) is 3.69. The first kappa shape index (κ1) is 14.6. The summed E-state index contributed by atoms with van der Waals surface area (Å²) in [5.74, 6) is -0.0568. The van der Waals surface area contributed by atoms with Gasteiger partial charge in [0.15, 0.2) is 0 Å². The van der Waals surface area contributed by atoms with Gasteiger partial charge in [0.05, 0.1) is 5.56 Å². The summed E-state index contributed by atoms with van der Waals surface area (Å²) in [5, 5.41) is 9.49. The standard InChI is InChI=1S/C16H17IN2O2/c1-16(2)5-3-13-11(8-16)12(15(20)21)9-19(13)14-7-10(17)4-6-18-14/h4,6-7,9H,3,5,8H2,1-2H3,(H,20,21). The summed E-state index contributed by atoms with van der Waals surface area (Å²) in [6.07, 6.45) is 6.25. The van der Waals surface area contributed by atoms with Crippen molar-refractivity contribution >= 4 is 28.6 Å². The zero-order valence-corrected chi connectivity index (χ0v) is 14.2. The number of pyridine rings is 1. The van der Waals surface area contributed by atoms with E-state index < -0.39 is 5.97 Å². The normalized spacial score (nSPS) is 16.5. The number of fused-ring (bicyclic) bond motifs is 1. The number of hydrogen-bond donors (Lipinski definition) is 1. The first-order valence-electron chi connectivity index (χ1n) is 6.96. The van der Waals surface area contributed by atoms with Gasteiger partial charge in [-0.1, -0.05) is 13.8 Å². The van der Waals surface area contributed by atoms with Crippen LogP contribution in [-0.2, 0) is 12.8 Å². The Labute approximate surface area is 137 Å². The fourth-order valence-corrected chi connectivity index (χ4v) is 3.43. The lowest BCUT2D eigenvalue weighted by Crippen LogP contribution is -2.24. The number of hydrogen-bond acceptors (Lipinski definition) is 2. The van der Waals surface area contributed by atoms with Gasteiger partial charge in [-0.25, -0.2) is 9.78 Å². The maximum absolute atomic E-state index is 11.6. The number of carboxylic acid groups (broad SMARTS) is 1. The number of halogens is 1. The predicted molar refractivity (Wildman–Crippen MR) is 89.0 cm³/mol. The Balaban J connectivity index is 2.18. The molecule has 2 heterocycles. The maximum atomic E-state index is 11.6. The van der Waals surface area contributed by atoms with E-state index in [4.69, 9.17) is 0 Å². The largest absolute Gasteiger partial charge is 0.478 e. The molecule has 0 bridgehead atoms. The molecule has 2 aromatic rings. The number of rotatable bonds is 2. The van der Waals surface area contributed by atoms with Crippen molar-refractivity contribution in [1.29, 1.82) is 0 Å². The molecule has 0 saturated heterocycles. The molecular weight excluding hydrogens is 379 g/mol. The van der Waals surface area contributed by atoms with Crippen LogP contribution in [0.1, 0.15) is 41.9 Å². The topological polar surface area (TPSA) is 55.1 Å². The van der Waals surface area contributed by atoms with Gasteiger partial charge in [-0.3, -0.25) is 0 Å². The van der Waals surface area contributed by atoms with Crippen LogP contribution in [0.4, 0.5) is 0 Å². The van der Waals surface area contributed by atoms with Crippen LogP contribution in [0.15, 0.2) is 24.5 Å². The minimum absolute atomic E-state index is 0.155. The third kappa shape index (κ3) is 2.71. The SMILES string of the molecule is CC1(C)CCc2c(c(C(=O)O)cn2-c2cc(I)ccn2)C1. The van der Waals surface area contributed by atoms with Crippen molar-refractivity contribution in [3.8, 4) is 5.82 Å². The smallest absolute Gasteiger partial charge is 0.337 e. The molecule has 1 N–H and O–H groups in total. The van der Waals surface area contributed by atoms with Gasteiger partial charge in [-0.05, 0) is 65.0 Å². The second kappa shape index (κ2) is 5.12. The summed E-state index contributed by atoms with van der Waals surface area (Å²) >= 11 is 2.24. The van der Waals surface area contributed by atoms with Crippen molar-refractivity contribution in [3.05, 3.63) is 44.9 Å². The van der Waals surface area contributed by atoms with Crippen LogP contribution in [0.3, 0.4) is 0 Å². The van der Waals surface area contributed by atoms with E-state index in [2.05, 4.69) is 41.4 Å². The molecule has 21 heavy (non-hydrogen) atoms. The lowest BCUT2D eigenvalue weighted by molar-refractivity contribution is 0.0695. The van der Waals surface area contributed by atoms with E-state index in [1.54, 1.807) is 12.4 Å². The van der Waals surface area contributed by atoms with Gasteiger partial charge in [-0.15, -0.1) is 0 Å². The van der Waals surface area contributed by atoms with Crippen LogP contribution in [0.5, 0.6) is 0 Å². The van der Waals surface area contributed by atoms with E-state index in [0.29, 0.717) is 5.56 Å². The maximum Gasteiger partial charge on any atom is 0.337 e. The Bertz CT molecular complexity index is 719. The molecule has 3 rings (SSSR count). The number of aromatic carboxylic acids is 1. The molecule has 1 aliphatic rings. The van der Waals surface area contributed by atoms with Gasteiger partial charge < -0.3 is 9.67 Å². The molecular formula is C16H17IN2O2. The van der Waals surface area contributed by atoms with Gasteiger partial charge in [0.1, 0.15) is 5.82 Å². The molecule has 110 valence electrons. The fraction of sp³-hybridized carbons (Fsp3) is 0.375. The van der Waals surface area contributed by atoms with Crippen LogP contribution in [0.2, 0.25) is 0 Å². The van der Waals surface area contributed by atoms with Crippen molar-refractivity contribution in [2.24, 2.45) is 5.41 Å². The molecule has 2 aromatic heterocycles. The van der Waals surface area contributed by atoms with Crippen LogP contribution in [0.25, 0.3) is 5.82 Å².